The second kappa shape index (κ2) is 15.6. The molecule has 46 heavy (non-hydrogen) atoms. The molecule has 1 N–H and O–H groups in total. The van der Waals surface area contributed by atoms with Crippen molar-refractivity contribution in [1.29, 1.82) is 0 Å². The van der Waals surface area contributed by atoms with E-state index < -0.39 is 28.5 Å². The molecule has 0 saturated carbocycles. The number of ether oxygens (including phenoxy) is 2. The third kappa shape index (κ3) is 8.38. The van der Waals surface area contributed by atoms with Crippen LogP contribution in [0.3, 0.4) is 0 Å². The van der Waals surface area contributed by atoms with Crippen molar-refractivity contribution in [3.05, 3.63) is 119 Å². The number of nitrogens with one attached hydrogen (secondary N) is 1. The predicted molar refractivity (Wildman–Crippen MR) is 180 cm³/mol. The molecule has 0 bridgehead atoms. The van der Waals surface area contributed by atoms with Crippen molar-refractivity contribution >= 4 is 39.1 Å². The van der Waals surface area contributed by atoms with Crippen LogP contribution < -0.4 is 19.1 Å². The first kappa shape index (κ1) is 34.3. The van der Waals surface area contributed by atoms with E-state index in [1.54, 1.807) is 55.5 Å². The van der Waals surface area contributed by atoms with Crippen LogP contribution in [0.25, 0.3) is 0 Å². The Kier molecular flexibility index (Phi) is 11.7. The molecule has 242 valence electrons. The van der Waals surface area contributed by atoms with Gasteiger partial charge in [0.05, 0.1) is 24.8 Å². The molecule has 11 heteroatoms. The van der Waals surface area contributed by atoms with E-state index in [1.807, 2.05) is 37.3 Å². The van der Waals surface area contributed by atoms with Crippen LogP contribution in [-0.4, -0.2) is 58.5 Å². The van der Waals surface area contributed by atoms with E-state index in [-0.39, 0.29) is 35.2 Å². The Morgan fingerprint density at radius 3 is 2.20 bits per heavy atom. The second-order valence-electron chi connectivity index (χ2n) is 10.6. The van der Waals surface area contributed by atoms with Crippen LogP contribution in [0.5, 0.6) is 11.5 Å². The molecule has 4 aromatic carbocycles. The van der Waals surface area contributed by atoms with E-state index in [2.05, 4.69) is 5.32 Å². The maximum atomic E-state index is 14.6. The van der Waals surface area contributed by atoms with Gasteiger partial charge >= 0.3 is 0 Å². The van der Waals surface area contributed by atoms with Crippen molar-refractivity contribution in [3.63, 3.8) is 0 Å². The Labute approximate surface area is 275 Å². The van der Waals surface area contributed by atoms with Gasteiger partial charge in [-0.15, -0.1) is 0 Å². The number of benzene rings is 4. The zero-order valence-corrected chi connectivity index (χ0v) is 27.8. The van der Waals surface area contributed by atoms with Gasteiger partial charge in [-0.25, -0.2) is 8.42 Å². The number of sulfonamides is 1. The number of nitrogens with zero attached hydrogens (tertiary/aromatic N) is 2. The minimum Gasteiger partial charge on any atom is -0.497 e. The molecular weight excluding hydrogens is 626 g/mol. The summed E-state index contributed by atoms with van der Waals surface area (Å²) in [6.07, 6.45) is 0.201. The summed E-state index contributed by atoms with van der Waals surface area (Å²) in [6, 6.07) is 26.4. The Balaban J connectivity index is 1.86. The Morgan fingerprint density at radius 2 is 1.57 bits per heavy atom. The molecule has 1 atom stereocenters. The summed E-state index contributed by atoms with van der Waals surface area (Å²) in [4.78, 5) is 29.6. The van der Waals surface area contributed by atoms with Crippen molar-refractivity contribution < 1.29 is 27.5 Å². The molecular formula is C35H38ClN3O6S. The summed E-state index contributed by atoms with van der Waals surface area (Å²) in [5.41, 5.74) is 2.49. The summed E-state index contributed by atoms with van der Waals surface area (Å²) >= 11 is 6.30. The number of methoxy groups -OCH3 is 2. The highest BCUT2D eigenvalue weighted by Gasteiger charge is 2.35. The smallest absolute Gasteiger partial charge is 0.264 e. The van der Waals surface area contributed by atoms with Crippen LogP contribution in [-0.2, 0) is 32.6 Å². The standard InChI is InChI=1S/C35H38ClN3O6S/c1-5-37-35(41)32(21-26-10-7-6-8-11-26)38(23-27-12-9-13-28(36)20-27)34(40)24-39(31-22-29(44-3)16-19-33(31)45-4)46(42,43)30-17-14-25(2)15-18-30/h6-20,22,32H,5,21,23-24H2,1-4H3,(H,37,41)/t32-/m0/s1. The molecule has 0 radical (unpaired) electrons. The molecule has 2 amide bonds. The van der Waals surface area contributed by atoms with E-state index in [9.17, 15) is 18.0 Å². The van der Waals surface area contributed by atoms with Gasteiger partial charge in [0.15, 0.2) is 0 Å². The fraction of sp³-hybridized carbons (Fsp3) is 0.257. The quantitative estimate of drug-likeness (QED) is 0.187. The molecule has 0 heterocycles. The van der Waals surface area contributed by atoms with Crippen LogP contribution >= 0.6 is 11.6 Å². The van der Waals surface area contributed by atoms with Crippen LogP contribution in [0, 0.1) is 6.92 Å². The number of carbonyl (C=O) groups is 2. The van der Waals surface area contributed by atoms with Crippen LogP contribution in [0.4, 0.5) is 5.69 Å². The third-order valence-corrected chi connectivity index (χ3v) is 9.42. The summed E-state index contributed by atoms with van der Waals surface area (Å²) in [5.74, 6) is -0.385. The van der Waals surface area contributed by atoms with Crippen molar-refractivity contribution in [1.82, 2.24) is 10.2 Å². The fourth-order valence-corrected chi connectivity index (χ4v) is 6.65. The highest BCUT2D eigenvalue weighted by atomic mass is 35.5. The van der Waals surface area contributed by atoms with E-state index >= 15 is 0 Å². The highest BCUT2D eigenvalue weighted by Crippen LogP contribution is 2.36. The van der Waals surface area contributed by atoms with Gasteiger partial charge in [0.1, 0.15) is 24.1 Å². The maximum Gasteiger partial charge on any atom is 0.264 e. The van der Waals surface area contributed by atoms with Gasteiger partial charge in [-0.3, -0.25) is 13.9 Å². The summed E-state index contributed by atoms with van der Waals surface area (Å²) in [6.45, 7) is 3.36. The molecule has 4 rings (SSSR count). The number of hydrogen-bond acceptors (Lipinski definition) is 6. The van der Waals surface area contributed by atoms with Gasteiger partial charge in [-0.2, -0.15) is 0 Å². The summed E-state index contributed by atoms with van der Waals surface area (Å²) < 4.78 is 40.6. The van der Waals surface area contributed by atoms with Crippen molar-refractivity contribution in [3.8, 4) is 11.5 Å². The second-order valence-corrected chi connectivity index (χ2v) is 12.9. The zero-order chi connectivity index (χ0) is 33.3. The number of anilines is 1. The first-order chi connectivity index (χ1) is 22.1. The topological polar surface area (TPSA) is 105 Å². The van der Waals surface area contributed by atoms with E-state index in [1.165, 1.54) is 37.3 Å². The molecule has 0 aromatic heterocycles. The lowest BCUT2D eigenvalue weighted by Crippen LogP contribution is -2.53. The SMILES string of the molecule is CCNC(=O)[C@H](Cc1ccccc1)N(Cc1cccc(Cl)c1)C(=O)CN(c1cc(OC)ccc1OC)S(=O)(=O)c1ccc(C)cc1. The molecule has 0 unspecified atom stereocenters. The average molecular weight is 664 g/mol. The lowest BCUT2D eigenvalue weighted by molar-refractivity contribution is -0.140. The predicted octanol–water partition coefficient (Wildman–Crippen LogP) is 5.64. The Bertz CT molecular complexity index is 1750. The van der Waals surface area contributed by atoms with Crippen LogP contribution in [0.1, 0.15) is 23.6 Å². The fourth-order valence-electron chi connectivity index (χ4n) is 5.02. The molecule has 9 nitrogen and oxygen atoms in total. The summed E-state index contributed by atoms with van der Waals surface area (Å²) in [7, 11) is -1.45. The normalized spacial score (nSPS) is 11.8. The van der Waals surface area contributed by atoms with Gasteiger partial charge in [-0.05, 0) is 61.4 Å². The minimum atomic E-state index is -4.32. The molecule has 0 fully saturated rings. The largest absolute Gasteiger partial charge is 0.497 e. The van der Waals surface area contributed by atoms with Gasteiger partial charge in [0.25, 0.3) is 10.0 Å². The number of hydrogen-bond donors (Lipinski definition) is 1. The average Bonchev–Trinajstić information content (AvgIpc) is 3.05. The van der Waals surface area contributed by atoms with Crippen molar-refractivity contribution in [2.24, 2.45) is 0 Å². The third-order valence-electron chi connectivity index (χ3n) is 7.41. The molecule has 0 aliphatic carbocycles. The molecule has 0 aliphatic heterocycles. The molecule has 0 aliphatic rings. The molecule has 4 aromatic rings. The van der Waals surface area contributed by atoms with Crippen LogP contribution in [0.15, 0.2) is 102 Å². The number of amides is 2. The van der Waals surface area contributed by atoms with Gasteiger partial charge in [0, 0.05) is 30.6 Å². The molecule has 0 saturated heterocycles. The van der Waals surface area contributed by atoms with Crippen molar-refractivity contribution in [2.45, 2.75) is 37.8 Å². The van der Waals surface area contributed by atoms with Crippen LogP contribution in [0.2, 0.25) is 5.02 Å². The minimum absolute atomic E-state index is 0.00168. The maximum absolute atomic E-state index is 14.6. The first-order valence-corrected chi connectivity index (χ1v) is 16.6. The lowest BCUT2D eigenvalue weighted by atomic mass is 10.0. The van der Waals surface area contributed by atoms with E-state index in [4.69, 9.17) is 21.1 Å². The van der Waals surface area contributed by atoms with Gasteiger partial charge in [-0.1, -0.05) is 71.8 Å². The highest BCUT2D eigenvalue weighted by molar-refractivity contribution is 7.92. The molecule has 0 spiro atoms. The first-order valence-electron chi connectivity index (χ1n) is 14.7. The number of rotatable bonds is 14. The van der Waals surface area contributed by atoms with Gasteiger partial charge in [0.2, 0.25) is 11.8 Å². The number of carbonyl (C=O) groups excluding carboxylic acids is 2. The number of aryl methyl sites for hydroxylation is 1. The van der Waals surface area contributed by atoms with E-state index in [0.717, 1.165) is 15.4 Å². The zero-order valence-electron chi connectivity index (χ0n) is 26.3. The Hall–Kier alpha value is -4.54. The summed E-state index contributed by atoms with van der Waals surface area (Å²) in [5, 5.41) is 3.32. The number of likely N-dealkylation sites (N-methyl/N-ethyl adjacent to an activating group) is 1. The number of halogens is 1. The Morgan fingerprint density at radius 1 is 0.870 bits per heavy atom. The van der Waals surface area contributed by atoms with Gasteiger partial charge < -0.3 is 19.7 Å². The lowest BCUT2D eigenvalue weighted by Gasteiger charge is -2.34. The van der Waals surface area contributed by atoms with E-state index in [0.29, 0.717) is 22.9 Å². The monoisotopic (exact) mass is 663 g/mol. The van der Waals surface area contributed by atoms with Crippen molar-refractivity contribution in [2.75, 3.05) is 31.6 Å².